The minimum Gasteiger partial charge on any atom is -0.288 e. The van der Waals surface area contributed by atoms with Crippen LogP contribution in [0.25, 0.3) is 0 Å². The van der Waals surface area contributed by atoms with Gasteiger partial charge in [-0.1, -0.05) is 31.5 Å². The van der Waals surface area contributed by atoms with Crippen molar-refractivity contribution in [3.8, 4) is 0 Å². The molecule has 0 amide bonds. The van der Waals surface area contributed by atoms with Crippen molar-refractivity contribution in [2.45, 2.75) is 25.7 Å². The second kappa shape index (κ2) is 6.89. The maximum absolute atomic E-state index is 12.5. The van der Waals surface area contributed by atoms with Crippen molar-refractivity contribution in [2.24, 2.45) is 10.3 Å². The van der Waals surface area contributed by atoms with Crippen LogP contribution in [0.1, 0.15) is 20.8 Å². The lowest BCUT2D eigenvalue weighted by molar-refractivity contribution is -0.385. The molecule has 0 heterocycles. The predicted octanol–water partition coefficient (Wildman–Crippen LogP) is 3.40. The van der Waals surface area contributed by atoms with E-state index in [1.165, 1.54) is 31.2 Å². The predicted molar refractivity (Wildman–Crippen MR) is 94.2 cm³/mol. The first kappa shape index (κ1) is 19.0. The molecule has 1 aliphatic rings. The highest BCUT2D eigenvalue weighted by Gasteiger charge is 2.27. The summed E-state index contributed by atoms with van der Waals surface area (Å²) in [5.41, 5.74) is 0.275. The molecule has 25 heavy (non-hydrogen) atoms. The third kappa shape index (κ3) is 3.85. The average molecular weight is 383 g/mol. The molecular formula is C16H15ClN2O5S. The molecule has 132 valence electrons. The van der Waals surface area contributed by atoms with Crippen molar-refractivity contribution >= 4 is 38.8 Å². The Hall–Kier alpha value is -2.32. The molecule has 0 saturated carbocycles. The summed E-state index contributed by atoms with van der Waals surface area (Å²) in [5.74, 6) is -0.527. The van der Waals surface area contributed by atoms with Crippen molar-refractivity contribution < 1.29 is 18.1 Å². The monoisotopic (exact) mass is 382 g/mol. The van der Waals surface area contributed by atoms with E-state index in [1.54, 1.807) is 13.8 Å². The van der Waals surface area contributed by atoms with E-state index in [1.807, 2.05) is 0 Å². The van der Waals surface area contributed by atoms with Crippen molar-refractivity contribution in [1.29, 1.82) is 0 Å². The molecule has 0 N–H and O–H groups in total. The van der Waals surface area contributed by atoms with Crippen molar-refractivity contribution in [2.75, 3.05) is 0 Å². The summed E-state index contributed by atoms with van der Waals surface area (Å²) >= 11 is 6.02. The number of ketones is 1. The molecule has 2 rings (SSSR count). The van der Waals surface area contributed by atoms with Gasteiger partial charge in [-0.25, -0.2) is 0 Å². The van der Waals surface area contributed by atoms with Crippen LogP contribution in [0.3, 0.4) is 0 Å². The first-order chi connectivity index (χ1) is 11.5. The van der Waals surface area contributed by atoms with Crippen LogP contribution in [0.5, 0.6) is 0 Å². The number of nitrogens with zero attached hydrogens (tertiary/aromatic N) is 2. The minimum atomic E-state index is -4.20. The maximum Gasteiger partial charge on any atom is 0.283 e. The number of benzene rings is 1. The van der Waals surface area contributed by atoms with Gasteiger partial charge >= 0.3 is 0 Å². The highest BCUT2D eigenvalue weighted by Crippen LogP contribution is 2.28. The molecule has 9 heteroatoms. The summed E-state index contributed by atoms with van der Waals surface area (Å²) in [5, 5.41) is 10.7. The number of carbonyl (C=O) groups excluding carboxylic acids is 1. The van der Waals surface area contributed by atoms with Crippen molar-refractivity contribution in [3.05, 3.63) is 56.6 Å². The molecule has 0 fully saturated rings. The number of hydrogen-bond acceptors (Lipinski definition) is 5. The van der Waals surface area contributed by atoms with Crippen LogP contribution in [0, 0.1) is 16.0 Å². The molecular weight excluding hydrogens is 368 g/mol. The van der Waals surface area contributed by atoms with Gasteiger partial charge in [0.25, 0.3) is 15.7 Å². The fourth-order valence-corrected chi connectivity index (χ4v) is 3.47. The number of Topliss-reactive ketones (excluding diaryl/α,β-unsaturated/α-hetero) is 1. The molecule has 1 aromatic carbocycles. The van der Waals surface area contributed by atoms with E-state index in [2.05, 4.69) is 4.40 Å². The first-order valence-corrected chi connectivity index (χ1v) is 9.09. The van der Waals surface area contributed by atoms with Crippen LogP contribution < -0.4 is 0 Å². The van der Waals surface area contributed by atoms with E-state index in [9.17, 15) is 23.3 Å². The lowest BCUT2D eigenvalue weighted by Crippen LogP contribution is -2.19. The molecule has 0 atom stereocenters. The largest absolute Gasteiger partial charge is 0.288 e. The van der Waals surface area contributed by atoms with E-state index >= 15 is 0 Å². The van der Waals surface area contributed by atoms with E-state index in [-0.39, 0.29) is 38.6 Å². The van der Waals surface area contributed by atoms with Gasteiger partial charge in [-0.2, -0.15) is 12.8 Å². The van der Waals surface area contributed by atoms with E-state index in [0.717, 1.165) is 6.07 Å². The molecule has 0 aliphatic heterocycles. The summed E-state index contributed by atoms with van der Waals surface area (Å²) in [4.78, 5) is 22.0. The number of rotatable bonds is 4. The fraction of sp³-hybridized carbons (Fsp3) is 0.250. The van der Waals surface area contributed by atoms with Crippen LogP contribution in [0.2, 0.25) is 0 Å². The second-order valence-corrected chi connectivity index (χ2v) is 7.71. The van der Waals surface area contributed by atoms with Gasteiger partial charge in [-0.3, -0.25) is 14.9 Å². The average Bonchev–Trinajstić information content (AvgIpc) is 2.55. The standard InChI is InChI=1S/C16H15ClN2O5S/c1-9(2)13-8-14(10(3)15(17)16(13)20)18-25(23,24)12-6-4-5-11(7-12)19(21)22/h4-9H,1-3H3. The van der Waals surface area contributed by atoms with Crippen LogP contribution in [0.4, 0.5) is 5.69 Å². The summed E-state index contributed by atoms with van der Waals surface area (Å²) < 4.78 is 28.7. The van der Waals surface area contributed by atoms with Crippen LogP contribution in [-0.4, -0.2) is 24.8 Å². The van der Waals surface area contributed by atoms with Gasteiger partial charge in [0, 0.05) is 17.7 Å². The zero-order valence-electron chi connectivity index (χ0n) is 13.7. The van der Waals surface area contributed by atoms with Gasteiger partial charge in [0.15, 0.2) is 0 Å². The van der Waals surface area contributed by atoms with Gasteiger partial charge in [0.1, 0.15) is 0 Å². The Morgan fingerprint density at radius 2 is 1.92 bits per heavy atom. The lowest BCUT2D eigenvalue weighted by Gasteiger charge is -2.17. The van der Waals surface area contributed by atoms with Crippen LogP contribution >= 0.6 is 11.6 Å². The summed E-state index contributed by atoms with van der Waals surface area (Å²) in [7, 11) is -4.20. The van der Waals surface area contributed by atoms with Gasteiger partial charge in [-0.05, 0) is 30.6 Å². The molecule has 1 aromatic rings. The highest BCUT2D eigenvalue weighted by molar-refractivity contribution is 7.90. The number of sulfonamides is 1. The number of hydrogen-bond donors (Lipinski definition) is 0. The summed E-state index contributed by atoms with van der Waals surface area (Å²) in [6.45, 7) is 5.05. The molecule has 0 spiro atoms. The quantitative estimate of drug-likeness (QED) is 0.450. The van der Waals surface area contributed by atoms with E-state index in [0.29, 0.717) is 5.57 Å². The second-order valence-electron chi connectivity index (χ2n) is 5.73. The Kier molecular flexibility index (Phi) is 5.24. The van der Waals surface area contributed by atoms with Gasteiger partial charge < -0.3 is 0 Å². The maximum atomic E-state index is 12.5. The molecule has 7 nitrogen and oxygen atoms in total. The normalized spacial score (nSPS) is 17.2. The number of nitro groups is 1. The number of carbonyl (C=O) groups is 1. The summed E-state index contributed by atoms with van der Waals surface area (Å²) in [6.07, 6.45) is 1.39. The van der Waals surface area contributed by atoms with E-state index < -0.39 is 14.9 Å². The topological polar surface area (TPSA) is 107 Å². The first-order valence-electron chi connectivity index (χ1n) is 7.27. The zero-order chi connectivity index (χ0) is 18.9. The summed E-state index contributed by atoms with van der Waals surface area (Å²) in [6, 6.07) is 4.60. The Bertz CT molecular complexity index is 958. The lowest BCUT2D eigenvalue weighted by atomic mass is 9.90. The molecule has 0 radical (unpaired) electrons. The van der Waals surface area contributed by atoms with Crippen molar-refractivity contribution in [1.82, 2.24) is 0 Å². The highest BCUT2D eigenvalue weighted by atomic mass is 35.5. The number of halogens is 1. The van der Waals surface area contributed by atoms with Gasteiger partial charge in [0.05, 0.1) is 20.6 Å². The number of nitro benzene ring substituents is 1. The molecule has 1 aliphatic carbocycles. The van der Waals surface area contributed by atoms with Gasteiger partial charge in [-0.15, -0.1) is 0 Å². The molecule has 0 unspecified atom stereocenters. The smallest absolute Gasteiger partial charge is 0.283 e. The Morgan fingerprint density at radius 1 is 1.28 bits per heavy atom. The zero-order valence-corrected chi connectivity index (χ0v) is 15.3. The van der Waals surface area contributed by atoms with Crippen LogP contribution in [0.15, 0.2) is 55.8 Å². The Morgan fingerprint density at radius 3 is 2.48 bits per heavy atom. The SMILES string of the molecule is CC1=C(Cl)C(=O)C(C(C)C)=CC1=NS(=O)(=O)c1cccc([N+](=O)[O-])c1. The Balaban J connectivity index is 2.59. The third-order valence-electron chi connectivity index (χ3n) is 3.63. The van der Waals surface area contributed by atoms with Crippen molar-refractivity contribution in [3.63, 3.8) is 0 Å². The third-order valence-corrected chi connectivity index (χ3v) is 5.38. The number of non-ortho nitro benzene ring substituents is 1. The van der Waals surface area contributed by atoms with Gasteiger partial charge in [0.2, 0.25) is 5.78 Å². The Labute approximate surface area is 149 Å². The number of allylic oxidation sites excluding steroid dienone is 4. The molecule has 0 aromatic heterocycles. The minimum absolute atomic E-state index is 0.0415. The van der Waals surface area contributed by atoms with Crippen LogP contribution in [-0.2, 0) is 14.8 Å². The molecule has 0 bridgehead atoms. The fourth-order valence-electron chi connectivity index (χ4n) is 2.19. The molecule has 0 saturated heterocycles. The van der Waals surface area contributed by atoms with E-state index in [4.69, 9.17) is 11.6 Å².